The molecule has 4 rings (SSSR count). The van der Waals surface area contributed by atoms with E-state index in [-0.39, 0.29) is 12.5 Å². The van der Waals surface area contributed by atoms with E-state index in [4.69, 9.17) is 0 Å². The summed E-state index contributed by atoms with van der Waals surface area (Å²) < 4.78 is 2.43. The van der Waals surface area contributed by atoms with Gasteiger partial charge in [0, 0.05) is 28.6 Å². The molecule has 1 fully saturated rings. The van der Waals surface area contributed by atoms with Crippen molar-refractivity contribution < 1.29 is 4.79 Å². The molecule has 30 heavy (non-hydrogen) atoms. The van der Waals surface area contributed by atoms with Crippen molar-refractivity contribution in [1.82, 2.24) is 9.55 Å². The Hall–Kier alpha value is -2.67. The van der Waals surface area contributed by atoms with Crippen LogP contribution in [-0.4, -0.2) is 28.5 Å². The fourth-order valence-corrected chi connectivity index (χ4v) is 4.14. The number of halogens is 1. The van der Waals surface area contributed by atoms with Crippen molar-refractivity contribution in [2.75, 3.05) is 23.3 Å². The minimum Gasteiger partial charge on any atom is -0.356 e. The van der Waals surface area contributed by atoms with Crippen molar-refractivity contribution in [1.29, 1.82) is 0 Å². The zero-order valence-corrected chi connectivity index (χ0v) is 18.8. The number of hydrogen-bond donors (Lipinski definition) is 1. The van der Waals surface area contributed by atoms with Gasteiger partial charge in [0.1, 0.15) is 12.4 Å². The Labute approximate surface area is 184 Å². The number of piperidine rings is 1. The summed E-state index contributed by atoms with van der Waals surface area (Å²) in [6.07, 6.45) is 2.18. The van der Waals surface area contributed by atoms with Crippen LogP contribution in [0, 0.1) is 12.8 Å². The van der Waals surface area contributed by atoms with E-state index < -0.39 is 5.69 Å². The second-order valence-corrected chi connectivity index (χ2v) is 8.86. The van der Waals surface area contributed by atoms with Gasteiger partial charge in [-0.2, -0.15) is 4.98 Å². The summed E-state index contributed by atoms with van der Waals surface area (Å²) in [5.74, 6) is 1.16. The zero-order chi connectivity index (χ0) is 21.3. The first-order chi connectivity index (χ1) is 14.4. The second-order valence-electron chi connectivity index (χ2n) is 8.00. The van der Waals surface area contributed by atoms with Gasteiger partial charge in [0.05, 0.1) is 5.52 Å². The predicted molar refractivity (Wildman–Crippen MR) is 124 cm³/mol. The van der Waals surface area contributed by atoms with E-state index >= 15 is 0 Å². The third-order valence-electron chi connectivity index (χ3n) is 5.69. The maximum atomic E-state index is 12.9. The molecule has 0 atom stereocenters. The first-order valence-electron chi connectivity index (χ1n) is 10.2. The fourth-order valence-electron chi connectivity index (χ4n) is 3.89. The summed E-state index contributed by atoms with van der Waals surface area (Å²) >= 11 is 3.46. The fraction of sp³-hybridized carbons (Fsp3) is 0.348. The molecule has 1 saturated heterocycles. The van der Waals surface area contributed by atoms with Gasteiger partial charge in [-0.25, -0.2) is 4.79 Å². The van der Waals surface area contributed by atoms with Crippen LogP contribution in [0.2, 0.25) is 0 Å². The lowest BCUT2D eigenvalue weighted by molar-refractivity contribution is -0.116. The molecule has 1 aliphatic rings. The van der Waals surface area contributed by atoms with Crippen molar-refractivity contribution in [2.45, 2.75) is 33.2 Å². The average molecular weight is 469 g/mol. The minimum absolute atomic E-state index is 0.0846. The first-order valence-corrected chi connectivity index (χ1v) is 11.0. The molecule has 0 aliphatic carbocycles. The predicted octanol–water partition coefficient (Wildman–Crippen LogP) is 4.34. The smallest absolute Gasteiger partial charge is 0.350 e. The van der Waals surface area contributed by atoms with Crippen LogP contribution in [0.25, 0.3) is 10.9 Å². The summed E-state index contributed by atoms with van der Waals surface area (Å²) in [5, 5.41) is 3.78. The molecule has 3 aromatic rings. The molecule has 1 N–H and O–H groups in total. The van der Waals surface area contributed by atoms with Crippen molar-refractivity contribution in [2.24, 2.45) is 5.92 Å². The van der Waals surface area contributed by atoms with Crippen LogP contribution in [0.5, 0.6) is 0 Å². The quantitative estimate of drug-likeness (QED) is 0.618. The van der Waals surface area contributed by atoms with E-state index in [0.29, 0.717) is 11.6 Å². The molecule has 0 bridgehead atoms. The largest absolute Gasteiger partial charge is 0.356 e. The number of amides is 1. The zero-order valence-electron chi connectivity index (χ0n) is 17.2. The summed E-state index contributed by atoms with van der Waals surface area (Å²) in [4.78, 5) is 32.1. The van der Waals surface area contributed by atoms with Gasteiger partial charge in [-0.3, -0.25) is 9.36 Å². The Balaban J connectivity index is 1.64. The summed E-state index contributed by atoms with van der Waals surface area (Å²) in [7, 11) is 0. The van der Waals surface area contributed by atoms with Gasteiger partial charge in [0.15, 0.2) is 0 Å². The molecule has 1 aliphatic heterocycles. The van der Waals surface area contributed by atoms with Gasteiger partial charge < -0.3 is 10.2 Å². The average Bonchev–Trinajstić information content (AvgIpc) is 2.73. The number of aryl methyl sites for hydroxylation is 1. The van der Waals surface area contributed by atoms with Crippen LogP contribution in [0.3, 0.4) is 0 Å². The molecule has 0 saturated carbocycles. The Morgan fingerprint density at radius 2 is 1.93 bits per heavy atom. The highest BCUT2D eigenvalue weighted by Gasteiger charge is 2.21. The molecule has 6 nitrogen and oxygen atoms in total. The number of rotatable bonds is 4. The minimum atomic E-state index is -0.399. The van der Waals surface area contributed by atoms with Crippen LogP contribution in [0.4, 0.5) is 11.5 Å². The maximum Gasteiger partial charge on any atom is 0.350 e. The SMILES string of the molecule is Cc1cc(NC(=O)Cn2c(=O)nc(N3CCC(C)CC3)c3ccccc32)ccc1Br. The molecule has 1 aromatic heterocycles. The molecule has 0 radical (unpaired) electrons. The van der Waals surface area contributed by atoms with Crippen molar-refractivity contribution in [3.63, 3.8) is 0 Å². The Kier molecular flexibility index (Phi) is 5.90. The molecule has 0 unspecified atom stereocenters. The number of nitrogens with zero attached hydrogens (tertiary/aromatic N) is 3. The molecular formula is C23H25BrN4O2. The van der Waals surface area contributed by atoms with E-state index in [1.807, 2.05) is 49.4 Å². The topological polar surface area (TPSA) is 67.2 Å². The molecule has 1 amide bonds. The molecule has 156 valence electrons. The summed E-state index contributed by atoms with van der Waals surface area (Å²) in [5.41, 5.74) is 2.06. The number of fused-ring (bicyclic) bond motifs is 1. The Morgan fingerprint density at radius 1 is 1.20 bits per heavy atom. The molecule has 7 heteroatoms. The first kappa shape index (κ1) is 20.6. The third kappa shape index (κ3) is 4.26. The van der Waals surface area contributed by atoms with E-state index in [0.717, 1.165) is 52.7 Å². The van der Waals surface area contributed by atoms with Crippen LogP contribution in [-0.2, 0) is 11.3 Å². The molecule has 2 aromatic carbocycles. The summed E-state index contributed by atoms with van der Waals surface area (Å²) in [6, 6.07) is 13.3. The highest BCUT2D eigenvalue weighted by molar-refractivity contribution is 9.10. The number of hydrogen-bond acceptors (Lipinski definition) is 4. The highest BCUT2D eigenvalue weighted by Crippen LogP contribution is 2.27. The standard InChI is InChI=1S/C23H25BrN4O2/c1-15-9-11-27(12-10-15)22-18-5-3-4-6-20(18)28(23(30)26-22)14-21(29)25-17-7-8-19(24)16(2)13-17/h3-8,13,15H,9-12,14H2,1-2H3,(H,25,29). The van der Waals surface area contributed by atoms with Gasteiger partial charge in [-0.15, -0.1) is 0 Å². The number of para-hydroxylation sites is 1. The van der Waals surface area contributed by atoms with Gasteiger partial charge in [0.25, 0.3) is 0 Å². The van der Waals surface area contributed by atoms with E-state index in [1.54, 1.807) is 0 Å². The van der Waals surface area contributed by atoms with Crippen LogP contribution >= 0.6 is 15.9 Å². The van der Waals surface area contributed by atoms with Crippen molar-refractivity contribution in [3.05, 3.63) is 63.0 Å². The molecule has 0 spiro atoms. The van der Waals surface area contributed by atoms with Gasteiger partial charge >= 0.3 is 5.69 Å². The van der Waals surface area contributed by atoms with Crippen molar-refractivity contribution in [3.8, 4) is 0 Å². The lowest BCUT2D eigenvalue weighted by Crippen LogP contribution is -2.37. The van der Waals surface area contributed by atoms with Crippen LogP contribution < -0.4 is 15.9 Å². The lowest BCUT2D eigenvalue weighted by atomic mass is 9.99. The molecule has 2 heterocycles. The van der Waals surface area contributed by atoms with Crippen molar-refractivity contribution >= 4 is 44.2 Å². The van der Waals surface area contributed by atoms with Gasteiger partial charge in [0.2, 0.25) is 5.91 Å². The third-order valence-corrected chi connectivity index (χ3v) is 6.58. The normalized spacial score (nSPS) is 14.8. The Bertz CT molecular complexity index is 1150. The van der Waals surface area contributed by atoms with Crippen LogP contribution in [0.15, 0.2) is 51.7 Å². The monoisotopic (exact) mass is 468 g/mol. The lowest BCUT2D eigenvalue weighted by Gasteiger charge is -2.32. The van der Waals surface area contributed by atoms with Gasteiger partial charge in [-0.05, 0) is 61.6 Å². The number of carbonyl (C=O) groups is 1. The second kappa shape index (κ2) is 8.60. The number of nitrogens with one attached hydrogen (secondary N) is 1. The number of benzene rings is 2. The molecular weight excluding hydrogens is 444 g/mol. The van der Waals surface area contributed by atoms with E-state index in [2.05, 4.69) is 38.1 Å². The number of aromatic nitrogens is 2. The number of carbonyl (C=O) groups excluding carboxylic acids is 1. The van der Waals surface area contributed by atoms with Gasteiger partial charge in [-0.1, -0.05) is 35.0 Å². The highest BCUT2D eigenvalue weighted by atomic mass is 79.9. The maximum absolute atomic E-state index is 12.9. The van der Waals surface area contributed by atoms with E-state index in [9.17, 15) is 9.59 Å². The summed E-state index contributed by atoms with van der Waals surface area (Å²) in [6.45, 7) is 5.92. The van der Waals surface area contributed by atoms with E-state index in [1.165, 1.54) is 4.57 Å². The Morgan fingerprint density at radius 3 is 2.67 bits per heavy atom. The number of anilines is 2. The van der Waals surface area contributed by atoms with Crippen LogP contribution in [0.1, 0.15) is 25.3 Å².